The second-order valence-corrected chi connectivity index (χ2v) is 7.02. The van der Waals surface area contributed by atoms with Gasteiger partial charge in [-0.3, -0.25) is 0 Å². The van der Waals surface area contributed by atoms with Gasteiger partial charge in [0.25, 0.3) is 0 Å². The Balaban J connectivity index is 1.70. The molecule has 7 nitrogen and oxygen atoms in total. The van der Waals surface area contributed by atoms with Gasteiger partial charge in [-0.2, -0.15) is 0 Å². The highest BCUT2D eigenvalue weighted by atomic mass is 32.2. The van der Waals surface area contributed by atoms with Gasteiger partial charge in [0.1, 0.15) is 0 Å². The quantitative estimate of drug-likeness (QED) is 0.580. The van der Waals surface area contributed by atoms with Gasteiger partial charge in [0.15, 0.2) is 5.82 Å². The molecule has 0 aliphatic carbocycles. The smallest absolute Gasteiger partial charge is 0.247 e. The Morgan fingerprint density at radius 1 is 1.09 bits per heavy atom. The summed E-state index contributed by atoms with van der Waals surface area (Å²) in [5.74, 6) is 8.30. The van der Waals surface area contributed by atoms with Gasteiger partial charge >= 0.3 is 0 Å². The molecule has 0 atom stereocenters. The molecule has 3 aromatic rings. The molecular formula is C15H18N6OS. The fourth-order valence-corrected chi connectivity index (χ4v) is 2.72. The van der Waals surface area contributed by atoms with Gasteiger partial charge in [0, 0.05) is 11.0 Å². The highest BCUT2D eigenvalue weighted by molar-refractivity contribution is 7.98. The number of hydrogen-bond acceptors (Lipinski definition) is 7. The first-order valence-corrected chi connectivity index (χ1v) is 8.15. The summed E-state index contributed by atoms with van der Waals surface area (Å²) in [7, 11) is 0. The molecule has 0 unspecified atom stereocenters. The van der Waals surface area contributed by atoms with Crippen molar-refractivity contribution in [3.63, 3.8) is 0 Å². The lowest BCUT2D eigenvalue weighted by Crippen LogP contribution is -2.24. The summed E-state index contributed by atoms with van der Waals surface area (Å²) in [4.78, 5) is 0. The number of benzene rings is 1. The van der Waals surface area contributed by atoms with Gasteiger partial charge in [0.2, 0.25) is 16.9 Å². The number of rotatable bonds is 4. The fourth-order valence-electron chi connectivity index (χ4n) is 2.02. The second-order valence-electron chi connectivity index (χ2n) is 6.08. The number of thioether (sulfide) groups is 1. The predicted molar refractivity (Wildman–Crippen MR) is 88.2 cm³/mol. The zero-order chi connectivity index (χ0) is 16.4. The molecule has 2 N–H and O–H groups in total. The van der Waals surface area contributed by atoms with E-state index in [1.165, 1.54) is 16.4 Å². The number of hydrogen-bond donors (Lipinski definition) is 1. The molecule has 0 aliphatic heterocycles. The van der Waals surface area contributed by atoms with Crippen molar-refractivity contribution in [1.82, 2.24) is 25.1 Å². The van der Waals surface area contributed by atoms with E-state index < -0.39 is 0 Å². The van der Waals surface area contributed by atoms with E-state index in [9.17, 15) is 0 Å². The topological polar surface area (TPSA) is 95.6 Å². The van der Waals surface area contributed by atoms with E-state index in [0.29, 0.717) is 22.7 Å². The van der Waals surface area contributed by atoms with Crippen molar-refractivity contribution < 1.29 is 4.42 Å². The van der Waals surface area contributed by atoms with Crippen LogP contribution in [0.25, 0.3) is 11.5 Å². The van der Waals surface area contributed by atoms with Crippen LogP contribution in [0.5, 0.6) is 0 Å². The van der Waals surface area contributed by atoms with Gasteiger partial charge in [-0.05, 0) is 12.1 Å². The van der Waals surface area contributed by atoms with Crippen molar-refractivity contribution in [1.29, 1.82) is 0 Å². The highest BCUT2D eigenvalue weighted by Gasteiger charge is 2.23. The Morgan fingerprint density at radius 2 is 1.83 bits per heavy atom. The molecule has 0 fully saturated rings. The molecule has 2 aromatic heterocycles. The first-order valence-electron chi connectivity index (χ1n) is 7.17. The van der Waals surface area contributed by atoms with Crippen LogP contribution in [0.1, 0.15) is 32.5 Å². The molecule has 0 spiro atoms. The van der Waals surface area contributed by atoms with Crippen LogP contribution in [0.2, 0.25) is 0 Å². The highest BCUT2D eigenvalue weighted by Crippen LogP contribution is 2.26. The third-order valence-electron chi connectivity index (χ3n) is 3.15. The van der Waals surface area contributed by atoms with Crippen molar-refractivity contribution in [2.45, 2.75) is 37.1 Å². The molecule has 1 aromatic carbocycles. The monoisotopic (exact) mass is 330 g/mol. The van der Waals surface area contributed by atoms with Gasteiger partial charge in [-0.25, -0.2) is 4.68 Å². The van der Waals surface area contributed by atoms with E-state index in [1.807, 2.05) is 51.1 Å². The molecule has 0 saturated carbocycles. The fraction of sp³-hybridized carbons (Fsp3) is 0.333. The number of nitrogens with two attached hydrogens (primary N) is 1. The van der Waals surface area contributed by atoms with Crippen LogP contribution in [0, 0.1) is 0 Å². The number of aromatic nitrogens is 5. The van der Waals surface area contributed by atoms with Crippen LogP contribution in [0.15, 0.2) is 39.9 Å². The minimum absolute atomic E-state index is 0.161. The van der Waals surface area contributed by atoms with Crippen molar-refractivity contribution in [2.24, 2.45) is 0 Å². The molecule has 0 bridgehead atoms. The van der Waals surface area contributed by atoms with Crippen LogP contribution in [0.3, 0.4) is 0 Å². The van der Waals surface area contributed by atoms with Crippen LogP contribution in [0.4, 0.5) is 0 Å². The maximum absolute atomic E-state index is 6.05. The van der Waals surface area contributed by atoms with E-state index in [0.717, 1.165) is 11.4 Å². The predicted octanol–water partition coefficient (Wildman–Crippen LogP) is 2.63. The zero-order valence-corrected chi connectivity index (χ0v) is 14.0. The van der Waals surface area contributed by atoms with Gasteiger partial charge < -0.3 is 10.3 Å². The number of nitrogens with zero attached hydrogens (tertiary/aromatic N) is 5. The van der Waals surface area contributed by atoms with Crippen LogP contribution >= 0.6 is 11.8 Å². The molecule has 8 heteroatoms. The minimum Gasteiger partial charge on any atom is -0.420 e. The Kier molecular flexibility index (Phi) is 4.08. The average molecular weight is 330 g/mol. The summed E-state index contributed by atoms with van der Waals surface area (Å²) in [5, 5.41) is 17.0. The second kappa shape index (κ2) is 6.04. The van der Waals surface area contributed by atoms with E-state index in [2.05, 4.69) is 20.4 Å². The van der Waals surface area contributed by atoms with Gasteiger partial charge in [0.05, 0.1) is 5.75 Å². The summed E-state index contributed by atoms with van der Waals surface area (Å²) in [6.45, 7) is 6.12. The van der Waals surface area contributed by atoms with Crippen molar-refractivity contribution in [3.8, 4) is 11.5 Å². The van der Waals surface area contributed by atoms with Gasteiger partial charge in [-0.15, -0.1) is 20.4 Å². The first-order chi connectivity index (χ1) is 10.9. The molecule has 0 saturated heterocycles. The molecule has 0 amide bonds. The van der Waals surface area contributed by atoms with E-state index in [4.69, 9.17) is 10.3 Å². The third kappa shape index (κ3) is 3.37. The van der Waals surface area contributed by atoms with Crippen LogP contribution in [-0.4, -0.2) is 25.1 Å². The minimum atomic E-state index is -0.161. The lowest BCUT2D eigenvalue weighted by atomic mass is 9.96. The lowest BCUT2D eigenvalue weighted by molar-refractivity contribution is 0.522. The summed E-state index contributed by atoms with van der Waals surface area (Å²) >= 11 is 1.41. The maximum Gasteiger partial charge on any atom is 0.247 e. The SMILES string of the molecule is CC(C)(C)c1nnc(SCc2nnc(-c3ccccc3)o2)n1N. The summed E-state index contributed by atoms with van der Waals surface area (Å²) in [6, 6.07) is 9.66. The Morgan fingerprint density at radius 3 is 2.48 bits per heavy atom. The molecule has 0 radical (unpaired) electrons. The number of nitrogen functional groups attached to an aromatic ring is 1. The van der Waals surface area contributed by atoms with E-state index >= 15 is 0 Å². The summed E-state index contributed by atoms with van der Waals surface area (Å²) in [5.41, 5.74) is 0.735. The van der Waals surface area contributed by atoms with Gasteiger partial charge in [-0.1, -0.05) is 50.7 Å². The third-order valence-corrected chi connectivity index (χ3v) is 4.08. The van der Waals surface area contributed by atoms with E-state index in [1.54, 1.807) is 0 Å². The lowest BCUT2D eigenvalue weighted by Gasteiger charge is -2.16. The van der Waals surface area contributed by atoms with Crippen molar-refractivity contribution >= 4 is 11.8 Å². The normalized spacial score (nSPS) is 11.8. The first kappa shape index (κ1) is 15.5. The van der Waals surface area contributed by atoms with Crippen molar-refractivity contribution in [2.75, 3.05) is 5.84 Å². The van der Waals surface area contributed by atoms with Crippen molar-refractivity contribution in [3.05, 3.63) is 42.0 Å². The Hall–Kier alpha value is -2.35. The van der Waals surface area contributed by atoms with Crippen LogP contribution in [-0.2, 0) is 11.2 Å². The molecule has 3 rings (SSSR count). The zero-order valence-electron chi connectivity index (χ0n) is 13.2. The molecule has 120 valence electrons. The average Bonchev–Trinajstić information content (AvgIpc) is 3.12. The molecule has 0 aliphatic rings. The molecule has 2 heterocycles. The Bertz CT molecular complexity index is 790. The molecule has 23 heavy (non-hydrogen) atoms. The summed E-state index contributed by atoms with van der Waals surface area (Å²) in [6.07, 6.45) is 0. The van der Waals surface area contributed by atoms with E-state index in [-0.39, 0.29) is 5.41 Å². The molecular weight excluding hydrogens is 312 g/mol. The largest absolute Gasteiger partial charge is 0.420 e. The standard InChI is InChI=1S/C15H18N6OS/c1-15(2,3)13-19-20-14(21(13)16)23-9-11-17-18-12(22-11)10-7-5-4-6-8-10/h4-8H,9,16H2,1-3H3. The maximum atomic E-state index is 6.05. The Labute approximate surface area is 138 Å². The van der Waals surface area contributed by atoms with Crippen LogP contribution < -0.4 is 5.84 Å². The summed E-state index contributed by atoms with van der Waals surface area (Å²) < 4.78 is 7.18.